The first-order chi connectivity index (χ1) is 12.9. The number of anilines is 1. The SMILES string of the molecule is CC(C)O.Cc1cccc(C(Nc2ccc3c(c2)OC(F)(F)O3)P(=O)(O)O)c1. The number of benzene rings is 2. The van der Waals surface area contributed by atoms with Gasteiger partial charge in [-0.1, -0.05) is 29.8 Å². The standard InChI is InChI=1S/C15H14F2NO5P.C3H8O/c1-9-3-2-4-10(7-9)14(24(19,20)21)18-11-5-6-12-13(8-11)23-15(16,17)22-12;1-3(2)4/h2-8,14,18H,1H3,(H2,19,20,21);3-4H,1-2H3. The second-order valence-electron chi connectivity index (χ2n) is 6.47. The topological polar surface area (TPSA) is 108 Å². The Morgan fingerprint density at radius 1 is 1.07 bits per heavy atom. The number of hydrogen-bond donors (Lipinski definition) is 4. The van der Waals surface area contributed by atoms with Crippen molar-refractivity contribution < 1.29 is 37.7 Å². The summed E-state index contributed by atoms with van der Waals surface area (Å²) in [5.41, 5.74) is 1.43. The Kier molecular flexibility index (Phi) is 6.67. The van der Waals surface area contributed by atoms with Gasteiger partial charge in [0.05, 0.1) is 0 Å². The molecule has 3 rings (SSSR count). The minimum atomic E-state index is -4.56. The number of aliphatic hydroxyl groups excluding tert-OH is 1. The third-order valence-corrected chi connectivity index (χ3v) is 4.50. The van der Waals surface area contributed by atoms with Crippen molar-refractivity contribution in [3.63, 3.8) is 0 Å². The van der Waals surface area contributed by atoms with Crippen molar-refractivity contribution in [2.45, 2.75) is 39.0 Å². The summed E-state index contributed by atoms with van der Waals surface area (Å²) in [5.74, 6) is -1.68. The van der Waals surface area contributed by atoms with E-state index >= 15 is 0 Å². The van der Waals surface area contributed by atoms with Gasteiger partial charge in [-0.3, -0.25) is 4.57 Å². The third-order valence-electron chi connectivity index (χ3n) is 3.40. The summed E-state index contributed by atoms with van der Waals surface area (Å²) >= 11 is 0. The van der Waals surface area contributed by atoms with Crippen molar-refractivity contribution in [3.05, 3.63) is 53.6 Å². The molecule has 1 aliphatic heterocycles. The first-order valence-electron chi connectivity index (χ1n) is 8.33. The van der Waals surface area contributed by atoms with Crippen molar-refractivity contribution in [2.24, 2.45) is 0 Å². The molecule has 1 atom stereocenters. The molecule has 0 fully saturated rings. The summed E-state index contributed by atoms with van der Waals surface area (Å²) in [6.07, 6.45) is -3.92. The molecule has 1 unspecified atom stereocenters. The van der Waals surface area contributed by atoms with Crippen LogP contribution in [0.15, 0.2) is 42.5 Å². The van der Waals surface area contributed by atoms with Gasteiger partial charge in [0, 0.05) is 17.9 Å². The van der Waals surface area contributed by atoms with Gasteiger partial charge in [0.1, 0.15) is 0 Å². The van der Waals surface area contributed by atoms with E-state index < -0.39 is 19.7 Å². The number of alkyl halides is 2. The number of fused-ring (bicyclic) bond motifs is 1. The lowest BCUT2D eigenvalue weighted by Gasteiger charge is -2.22. The molecule has 2 aromatic rings. The van der Waals surface area contributed by atoms with Gasteiger partial charge in [0.25, 0.3) is 0 Å². The molecule has 10 heteroatoms. The Bertz CT molecular complexity index is 868. The smallest absolute Gasteiger partial charge is 0.395 e. The molecule has 1 heterocycles. The molecular weight excluding hydrogens is 395 g/mol. The highest BCUT2D eigenvalue weighted by molar-refractivity contribution is 7.52. The van der Waals surface area contributed by atoms with Gasteiger partial charge in [-0.15, -0.1) is 8.78 Å². The molecule has 4 N–H and O–H groups in total. The number of aliphatic hydroxyl groups is 1. The minimum absolute atomic E-state index is 0.145. The lowest BCUT2D eigenvalue weighted by molar-refractivity contribution is -0.286. The van der Waals surface area contributed by atoms with Gasteiger partial charge in [0.15, 0.2) is 17.3 Å². The molecule has 0 amide bonds. The fraction of sp³-hybridized carbons (Fsp3) is 0.333. The quantitative estimate of drug-likeness (QED) is 0.557. The maximum Gasteiger partial charge on any atom is 0.586 e. The molecular formula is C18H22F2NO6P. The van der Waals surface area contributed by atoms with E-state index in [1.807, 2.05) is 0 Å². The Labute approximate surface area is 161 Å². The van der Waals surface area contributed by atoms with E-state index in [-0.39, 0.29) is 23.3 Å². The minimum Gasteiger partial charge on any atom is -0.395 e. The predicted octanol–water partition coefficient (Wildman–Crippen LogP) is 3.99. The average molecular weight is 417 g/mol. The van der Waals surface area contributed by atoms with Crippen LogP contribution in [0.3, 0.4) is 0 Å². The molecule has 7 nitrogen and oxygen atoms in total. The highest BCUT2D eigenvalue weighted by atomic mass is 31.2. The van der Waals surface area contributed by atoms with E-state index in [0.29, 0.717) is 5.56 Å². The van der Waals surface area contributed by atoms with Crippen LogP contribution < -0.4 is 14.8 Å². The molecule has 0 saturated heterocycles. The predicted molar refractivity (Wildman–Crippen MR) is 99.6 cm³/mol. The van der Waals surface area contributed by atoms with E-state index in [2.05, 4.69) is 14.8 Å². The fourth-order valence-corrected chi connectivity index (χ4v) is 3.26. The van der Waals surface area contributed by atoms with Crippen LogP contribution in [0.4, 0.5) is 14.5 Å². The van der Waals surface area contributed by atoms with Gasteiger partial charge in [-0.2, -0.15) is 0 Å². The van der Waals surface area contributed by atoms with Crippen LogP contribution in [0, 0.1) is 6.92 Å². The van der Waals surface area contributed by atoms with E-state index in [9.17, 15) is 23.1 Å². The number of ether oxygens (including phenoxy) is 2. The van der Waals surface area contributed by atoms with Crippen molar-refractivity contribution in [1.82, 2.24) is 0 Å². The highest BCUT2D eigenvalue weighted by Crippen LogP contribution is 2.52. The van der Waals surface area contributed by atoms with Crippen LogP contribution in [0.1, 0.15) is 30.8 Å². The summed E-state index contributed by atoms with van der Waals surface area (Å²) in [6, 6.07) is 10.5. The molecule has 2 aromatic carbocycles. The molecule has 0 aliphatic carbocycles. The van der Waals surface area contributed by atoms with Crippen LogP contribution in [0.2, 0.25) is 0 Å². The highest BCUT2D eigenvalue weighted by Gasteiger charge is 2.43. The molecule has 1 aliphatic rings. The van der Waals surface area contributed by atoms with E-state index in [4.69, 9.17) is 5.11 Å². The Morgan fingerprint density at radius 3 is 2.25 bits per heavy atom. The number of aryl methyl sites for hydroxylation is 1. The Balaban J connectivity index is 0.000000640. The zero-order valence-electron chi connectivity index (χ0n) is 15.5. The summed E-state index contributed by atoms with van der Waals surface area (Å²) in [6.45, 7) is 5.24. The summed E-state index contributed by atoms with van der Waals surface area (Å²) in [4.78, 5) is 19.3. The lowest BCUT2D eigenvalue weighted by Crippen LogP contribution is -2.25. The zero-order chi connectivity index (χ0) is 21.1. The normalized spacial score (nSPS) is 15.6. The maximum atomic E-state index is 13.0. The van der Waals surface area contributed by atoms with E-state index in [1.165, 1.54) is 18.2 Å². The van der Waals surface area contributed by atoms with Gasteiger partial charge in [-0.25, -0.2) is 0 Å². The molecule has 28 heavy (non-hydrogen) atoms. The van der Waals surface area contributed by atoms with Crippen molar-refractivity contribution in [3.8, 4) is 11.5 Å². The first kappa shape index (κ1) is 22.1. The van der Waals surface area contributed by atoms with Crippen LogP contribution in [0.25, 0.3) is 0 Å². The first-order valence-corrected chi connectivity index (χ1v) is 10.0. The van der Waals surface area contributed by atoms with Crippen LogP contribution >= 0.6 is 7.60 Å². The van der Waals surface area contributed by atoms with Gasteiger partial charge in [-0.05, 0) is 38.5 Å². The van der Waals surface area contributed by atoms with Crippen LogP contribution in [0.5, 0.6) is 11.5 Å². The average Bonchev–Trinajstić information content (AvgIpc) is 2.84. The zero-order valence-corrected chi connectivity index (χ0v) is 16.4. The van der Waals surface area contributed by atoms with Crippen molar-refractivity contribution >= 4 is 13.3 Å². The summed E-state index contributed by atoms with van der Waals surface area (Å²) < 4.78 is 46.5. The molecule has 0 radical (unpaired) electrons. The third kappa shape index (κ3) is 6.17. The molecule has 0 saturated carbocycles. The monoisotopic (exact) mass is 417 g/mol. The second-order valence-corrected chi connectivity index (χ2v) is 8.17. The maximum absolute atomic E-state index is 13.0. The molecule has 0 bridgehead atoms. The number of rotatable bonds is 4. The van der Waals surface area contributed by atoms with Crippen LogP contribution in [-0.4, -0.2) is 27.3 Å². The number of halogens is 2. The Morgan fingerprint density at radius 2 is 1.68 bits per heavy atom. The fourth-order valence-electron chi connectivity index (χ4n) is 2.40. The number of hydrogen-bond acceptors (Lipinski definition) is 5. The van der Waals surface area contributed by atoms with Gasteiger partial charge < -0.3 is 29.7 Å². The molecule has 154 valence electrons. The van der Waals surface area contributed by atoms with E-state index in [0.717, 1.165) is 5.56 Å². The summed E-state index contributed by atoms with van der Waals surface area (Å²) in [5, 5.41) is 10.7. The molecule has 0 aromatic heterocycles. The van der Waals surface area contributed by atoms with Crippen molar-refractivity contribution in [1.29, 1.82) is 0 Å². The second kappa shape index (κ2) is 8.45. The Hall–Kier alpha value is -2.19. The summed E-state index contributed by atoms with van der Waals surface area (Å²) in [7, 11) is -4.56. The van der Waals surface area contributed by atoms with Crippen LogP contribution in [-0.2, 0) is 4.57 Å². The lowest BCUT2D eigenvalue weighted by atomic mass is 10.1. The van der Waals surface area contributed by atoms with E-state index in [1.54, 1.807) is 45.0 Å². The van der Waals surface area contributed by atoms with Gasteiger partial charge in [0.2, 0.25) is 0 Å². The molecule has 0 spiro atoms. The van der Waals surface area contributed by atoms with Gasteiger partial charge >= 0.3 is 13.9 Å². The largest absolute Gasteiger partial charge is 0.586 e. The number of nitrogens with one attached hydrogen (secondary N) is 1. The van der Waals surface area contributed by atoms with Crippen molar-refractivity contribution in [2.75, 3.05) is 5.32 Å².